The Balaban J connectivity index is 3.14. The lowest BCUT2D eigenvalue weighted by molar-refractivity contribution is -0.480. The first-order valence-corrected chi connectivity index (χ1v) is 10.1. The first kappa shape index (κ1) is 29.4. The predicted molar refractivity (Wildman–Crippen MR) is 82.8 cm³/mol. The fraction of sp³-hybridized carbons (Fsp3) is 0.571. The summed E-state index contributed by atoms with van der Waals surface area (Å²) in [6.07, 6.45) is -29.3. The summed E-state index contributed by atoms with van der Waals surface area (Å²) in [5.74, 6) is -7.29. The second-order valence-corrected chi connectivity index (χ2v) is 8.45. The highest BCUT2D eigenvalue weighted by Crippen LogP contribution is 2.49. The zero-order chi connectivity index (χ0) is 26.1. The third-order valence-electron chi connectivity index (χ3n) is 3.34. The van der Waals surface area contributed by atoms with Crippen LogP contribution in [0.15, 0.2) is 29.2 Å². The van der Waals surface area contributed by atoms with Gasteiger partial charge in [-0.25, -0.2) is 8.42 Å². The molecule has 0 saturated heterocycles. The van der Waals surface area contributed by atoms with Gasteiger partial charge in [-0.3, -0.25) is 4.74 Å². The van der Waals surface area contributed by atoms with E-state index in [0.29, 0.717) is 24.3 Å². The maximum Gasteiger partial charge on any atom is 0.457 e. The normalized spacial score (nSPS) is 16.9. The van der Waals surface area contributed by atoms with E-state index in [0.717, 1.165) is 0 Å². The van der Waals surface area contributed by atoms with E-state index in [4.69, 9.17) is 10.7 Å². The topological polar surface area (TPSA) is 61.8 Å². The number of benzene rings is 1. The van der Waals surface area contributed by atoms with Crippen molar-refractivity contribution in [3.63, 3.8) is 0 Å². The highest BCUT2D eigenvalue weighted by molar-refractivity contribution is 8.13. The van der Waals surface area contributed by atoms with Gasteiger partial charge in [-0.2, -0.15) is 52.7 Å². The SMILES string of the molecule is O=S(=O)(Cl)c1ccc(OCC(OC(F)(F)C(F)(OCC(F)(F)F)C(F)(F)F)C(F)(F)F)cc1. The molecule has 0 aliphatic heterocycles. The Morgan fingerprint density at radius 3 is 1.70 bits per heavy atom. The summed E-state index contributed by atoms with van der Waals surface area (Å²) in [4.78, 5) is -0.569. The molecule has 0 heterocycles. The summed E-state index contributed by atoms with van der Waals surface area (Å²) in [5.41, 5.74) is 0. The number of ether oxygens (including phenoxy) is 3. The molecule has 1 aromatic carbocycles. The number of hydrogen-bond donors (Lipinski definition) is 0. The van der Waals surface area contributed by atoms with E-state index >= 15 is 0 Å². The van der Waals surface area contributed by atoms with Gasteiger partial charge in [0.05, 0.1) is 4.90 Å². The van der Waals surface area contributed by atoms with Gasteiger partial charge in [0.25, 0.3) is 9.05 Å². The molecule has 2 unspecified atom stereocenters. The Hall–Kier alpha value is -1.66. The van der Waals surface area contributed by atoms with Crippen molar-refractivity contribution in [1.82, 2.24) is 0 Å². The van der Waals surface area contributed by atoms with Crippen LogP contribution in [0, 0.1) is 0 Å². The summed E-state index contributed by atoms with van der Waals surface area (Å²) < 4.78 is 187. The van der Waals surface area contributed by atoms with Gasteiger partial charge in [-0.15, -0.1) is 0 Å². The molecule has 1 aromatic rings. The van der Waals surface area contributed by atoms with Gasteiger partial charge in [0.1, 0.15) is 19.0 Å². The van der Waals surface area contributed by atoms with Gasteiger partial charge in [0.2, 0.25) is 0 Å². The molecule has 19 heteroatoms. The molecule has 0 aliphatic rings. The molecular formula is C14H9ClF12O5S. The van der Waals surface area contributed by atoms with Crippen LogP contribution in [0.4, 0.5) is 52.7 Å². The minimum Gasteiger partial charge on any atom is -0.491 e. The lowest BCUT2D eigenvalue weighted by atomic mass is 10.2. The van der Waals surface area contributed by atoms with Gasteiger partial charge < -0.3 is 9.47 Å². The third kappa shape index (κ3) is 7.96. The molecule has 0 aliphatic carbocycles. The Labute approximate surface area is 180 Å². The second kappa shape index (κ2) is 9.53. The lowest BCUT2D eigenvalue weighted by Gasteiger charge is -2.36. The Kier molecular flexibility index (Phi) is 8.49. The fourth-order valence-electron chi connectivity index (χ4n) is 1.83. The lowest BCUT2D eigenvalue weighted by Crippen LogP contribution is -2.61. The van der Waals surface area contributed by atoms with Gasteiger partial charge in [0, 0.05) is 10.7 Å². The van der Waals surface area contributed by atoms with Crippen LogP contribution in [-0.4, -0.2) is 58.2 Å². The molecule has 0 fully saturated rings. The summed E-state index contributed by atoms with van der Waals surface area (Å²) in [5, 5.41) is 0. The van der Waals surface area contributed by atoms with Crippen molar-refractivity contribution in [3.05, 3.63) is 24.3 Å². The monoisotopic (exact) mass is 552 g/mol. The van der Waals surface area contributed by atoms with Crippen LogP contribution in [0.1, 0.15) is 0 Å². The molecule has 0 saturated carbocycles. The van der Waals surface area contributed by atoms with Gasteiger partial charge in [-0.1, -0.05) is 0 Å². The number of hydrogen-bond acceptors (Lipinski definition) is 5. The van der Waals surface area contributed by atoms with Crippen LogP contribution < -0.4 is 4.74 Å². The highest BCUT2D eigenvalue weighted by atomic mass is 35.7. The molecular weight excluding hydrogens is 544 g/mol. The molecule has 33 heavy (non-hydrogen) atoms. The third-order valence-corrected chi connectivity index (χ3v) is 4.71. The first-order valence-electron chi connectivity index (χ1n) is 7.76. The Morgan fingerprint density at radius 1 is 0.848 bits per heavy atom. The fourth-order valence-corrected chi connectivity index (χ4v) is 2.60. The van der Waals surface area contributed by atoms with Crippen molar-refractivity contribution in [2.45, 2.75) is 41.5 Å². The summed E-state index contributed by atoms with van der Waals surface area (Å²) in [6, 6.07) is 2.72. The number of alkyl halides is 12. The molecule has 0 amide bonds. The minimum atomic E-state index is -6.97. The van der Waals surface area contributed by atoms with Crippen molar-refractivity contribution in [1.29, 1.82) is 0 Å². The zero-order valence-electron chi connectivity index (χ0n) is 15.2. The van der Waals surface area contributed by atoms with Gasteiger partial charge >= 0.3 is 30.5 Å². The smallest absolute Gasteiger partial charge is 0.457 e. The van der Waals surface area contributed by atoms with E-state index in [2.05, 4.69) is 14.2 Å². The molecule has 2 atom stereocenters. The van der Waals surface area contributed by atoms with E-state index in [1.54, 1.807) is 0 Å². The minimum absolute atomic E-state index is 0.569. The van der Waals surface area contributed by atoms with E-state index < -0.39 is 69.5 Å². The van der Waals surface area contributed by atoms with Crippen LogP contribution in [0.2, 0.25) is 0 Å². The maximum atomic E-state index is 13.9. The van der Waals surface area contributed by atoms with Crippen LogP contribution in [0.3, 0.4) is 0 Å². The van der Waals surface area contributed by atoms with Crippen molar-refractivity contribution in [3.8, 4) is 5.75 Å². The van der Waals surface area contributed by atoms with Gasteiger partial charge in [0.15, 0.2) is 6.10 Å². The van der Waals surface area contributed by atoms with Crippen molar-refractivity contribution in [2.75, 3.05) is 13.2 Å². The van der Waals surface area contributed by atoms with E-state index in [9.17, 15) is 61.1 Å². The van der Waals surface area contributed by atoms with E-state index in [-0.39, 0.29) is 0 Å². The van der Waals surface area contributed by atoms with Crippen LogP contribution in [-0.2, 0) is 18.5 Å². The molecule has 0 spiro atoms. The van der Waals surface area contributed by atoms with Crippen molar-refractivity contribution < 1.29 is 75.3 Å². The standard InChI is InChI=1S/C14H9ClF12O5S/c15-33(28,29)8-3-1-7(2-4-8)30-5-9(11(19,20)21)32-14(26,27)12(22,13(23,24)25)31-6-10(16,17)18/h1-4,9H,5-6H2. The molecule has 192 valence electrons. The number of halogens is 13. The van der Waals surface area contributed by atoms with Crippen molar-refractivity contribution >= 4 is 19.7 Å². The highest BCUT2D eigenvalue weighted by Gasteiger charge is 2.76. The molecule has 1 rings (SSSR count). The average Bonchev–Trinajstić information content (AvgIpc) is 2.60. The summed E-state index contributed by atoms with van der Waals surface area (Å²) in [7, 11) is 0.700. The Bertz CT molecular complexity index is 897. The van der Waals surface area contributed by atoms with Crippen molar-refractivity contribution in [2.24, 2.45) is 0 Å². The first-order chi connectivity index (χ1) is 14.5. The molecule has 0 radical (unpaired) electrons. The molecule has 0 bridgehead atoms. The van der Waals surface area contributed by atoms with Crippen LogP contribution in [0.25, 0.3) is 0 Å². The van der Waals surface area contributed by atoms with E-state index in [1.807, 2.05) is 0 Å². The largest absolute Gasteiger partial charge is 0.491 e. The van der Waals surface area contributed by atoms with Crippen LogP contribution in [0.5, 0.6) is 5.75 Å². The number of rotatable bonds is 9. The maximum absolute atomic E-state index is 13.9. The molecule has 0 N–H and O–H groups in total. The van der Waals surface area contributed by atoms with Crippen LogP contribution >= 0.6 is 10.7 Å². The van der Waals surface area contributed by atoms with E-state index in [1.165, 1.54) is 0 Å². The average molecular weight is 553 g/mol. The quantitative estimate of drug-likeness (QED) is 0.306. The molecule has 5 nitrogen and oxygen atoms in total. The summed E-state index contributed by atoms with van der Waals surface area (Å²) in [6.45, 7) is -5.30. The van der Waals surface area contributed by atoms with Gasteiger partial charge in [-0.05, 0) is 24.3 Å². The molecule has 0 aromatic heterocycles. The second-order valence-electron chi connectivity index (χ2n) is 5.88. The zero-order valence-corrected chi connectivity index (χ0v) is 16.7. The predicted octanol–water partition coefficient (Wildman–Crippen LogP) is 5.34. The Morgan fingerprint density at radius 2 is 1.33 bits per heavy atom. The summed E-state index contributed by atoms with van der Waals surface area (Å²) >= 11 is 0.